The highest BCUT2D eigenvalue weighted by molar-refractivity contribution is 8.17. The fourth-order valence-electron chi connectivity index (χ4n) is 1.69. The first-order chi connectivity index (χ1) is 7.21. The lowest BCUT2D eigenvalue weighted by atomic mass is 10.4. The molecule has 0 aliphatic rings. The van der Waals surface area contributed by atoms with Crippen LogP contribution in [-0.4, -0.2) is 7.22 Å². The monoisotopic (exact) mass is 230 g/mol. The van der Waals surface area contributed by atoms with Crippen LogP contribution in [0.4, 0.5) is 0 Å². The van der Waals surface area contributed by atoms with E-state index in [-0.39, 0.29) is 0 Å². The average Bonchev–Trinajstić information content (AvgIpc) is 2.31. The van der Waals surface area contributed by atoms with Crippen molar-refractivity contribution in [1.82, 2.24) is 0 Å². The van der Waals surface area contributed by atoms with Crippen LogP contribution in [0.2, 0.25) is 6.55 Å². The molecular formula is C13H14SSi. The summed E-state index contributed by atoms with van der Waals surface area (Å²) in [6.07, 6.45) is 0. The number of hydrogen-bond donors (Lipinski definition) is 1. The predicted octanol–water partition coefficient (Wildman–Crippen LogP) is 2.31. The molecule has 0 radical (unpaired) electrons. The summed E-state index contributed by atoms with van der Waals surface area (Å²) in [6, 6.07) is 21.1. The highest BCUT2D eigenvalue weighted by Crippen LogP contribution is 2.08. The molecule has 2 rings (SSSR count). The van der Waals surface area contributed by atoms with E-state index in [1.165, 1.54) is 10.4 Å². The molecule has 0 aliphatic carbocycles. The summed E-state index contributed by atoms with van der Waals surface area (Å²) in [4.78, 5) is 0. The normalized spacial score (nSPS) is 11.3. The van der Waals surface area contributed by atoms with Crippen LogP contribution in [0.25, 0.3) is 0 Å². The van der Waals surface area contributed by atoms with E-state index in [1.807, 2.05) is 12.1 Å². The Bertz CT molecular complexity index is 381. The first kappa shape index (κ1) is 10.5. The molecule has 2 aromatic carbocycles. The maximum Gasteiger partial charge on any atom is 0.171 e. The molecule has 0 saturated heterocycles. The predicted molar refractivity (Wildman–Crippen MR) is 72.8 cm³/mol. The van der Waals surface area contributed by atoms with Crippen molar-refractivity contribution in [3.63, 3.8) is 0 Å². The molecule has 0 N–H and O–H groups in total. The van der Waals surface area contributed by atoms with Crippen molar-refractivity contribution in [1.29, 1.82) is 0 Å². The molecule has 0 heterocycles. The minimum absolute atomic E-state index is 1.36. The molecule has 0 saturated carbocycles. The smallest absolute Gasteiger partial charge is 0.171 e. The molecule has 0 atom stereocenters. The molecule has 2 aromatic rings. The highest BCUT2D eigenvalue weighted by atomic mass is 32.3. The Morgan fingerprint density at radius 2 is 1.07 bits per heavy atom. The first-order valence-electron chi connectivity index (χ1n) is 5.04. The van der Waals surface area contributed by atoms with E-state index in [4.69, 9.17) is 12.1 Å². The van der Waals surface area contributed by atoms with Crippen LogP contribution in [0.1, 0.15) is 0 Å². The van der Waals surface area contributed by atoms with Crippen molar-refractivity contribution in [3.8, 4) is 0 Å². The molecule has 0 unspecified atom stereocenters. The summed E-state index contributed by atoms with van der Waals surface area (Å²) < 4.78 is 0. The average molecular weight is 230 g/mol. The summed E-state index contributed by atoms with van der Waals surface area (Å²) in [5.74, 6) is 0. The molecule has 0 fully saturated rings. The SMILES string of the molecule is C[Si](S)(c1ccccc1)c1ccccc1. The lowest BCUT2D eigenvalue weighted by molar-refractivity contribution is 1.72. The van der Waals surface area contributed by atoms with E-state index in [0.29, 0.717) is 0 Å². The Morgan fingerprint density at radius 1 is 0.733 bits per heavy atom. The largest absolute Gasteiger partial charge is 0.191 e. The van der Waals surface area contributed by atoms with E-state index in [0.717, 1.165) is 0 Å². The maximum absolute atomic E-state index is 4.90. The van der Waals surface area contributed by atoms with Gasteiger partial charge in [-0.05, 0) is 10.4 Å². The van der Waals surface area contributed by atoms with E-state index >= 15 is 0 Å². The van der Waals surface area contributed by atoms with Gasteiger partial charge in [0, 0.05) is 0 Å². The van der Waals surface area contributed by atoms with Crippen LogP contribution in [-0.2, 0) is 0 Å². The molecule has 0 aliphatic heterocycles. The van der Waals surface area contributed by atoms with Crippen molar-refractivity contribution in [3.05, 3.63) is 60.7 Å². The standard InChI is InChI=1S/C13H14SSi/c1-15(14,12-8-4-2-5-9-12)13-10-6-3-7-11-13/h2-11,14H,1H3. The lowest BCUT2D eigenvalue weighted by Gasteiger charge is -2.21. The molecule has 2 heteroatoms. The van der Waals surface area contributed by atoms with Gasteiger partial charge in [0.2, 0.25) is 0 Å². The van der Waals surface area contributed by atoms with Gasteiger partial charge in [0.15, 0.2) is 7.22 Å². The quantitative estimate of drug-likeness (QED) is 0.594. The van der Waals surface area contributed by atoms with Crippen molar-refractivity contribution < 1.29 is 0 Å². The third-order valence-corrected chi connectivity index (χ3v) is 7.14. The lowest BCUT2D eigenvalue weighted by Crippen LogP contribution is -2.50. The minimum Gasteiger partial charge on any atom is -0.191 e. The molecule has 0 spiro atoms. The van der Waals surface area contributed by atoms with Crippen molar-refractivity contribution >= 4 is 29.7 Å². The number of hydrogen-bond acceptors (Lipinski definition) is 1. The zero-order valence-corrected chi connectivity index (χ0v) is 10.6. The van der Waals surface area contributed by atoms with E-state index < -0.39 is 7.22 Å². The Kier molecular flexibility index (Phi) is 2.98. The molecule has 0 aromatic heterocycles. The van der Waals surface area contributed by atoms with Crippen LogP contribution in [0.3, 0.4) is 0 Å². The van der Waals surface area contributed by atoms with Crippen molar-refractivity contribution in [2.24, 2.45) is 0 Å². The van der Waals surface area contributed by atoms with Gasteiger partial charge in [-0.15, -0.1) is 0 Å². The second kappa shape index (κ2) is 4.25. The van der Waals surface area contributed by atoms with Crippen LogP contribution in [0, 0.1) is 0 Å². The molecular weight excluding hydrogens is 216 g/mol. The maximum atomic E-state index is 4.90. The van der Waals surface area contributed by atoms with Crippen molar-refractivity contribution in [2.75, 3.05) is 0 Å². The Hall–Kier alpha value is -0.993. The zero-order chi connectivity index (χ0) is 10.7. The number of rotatable bonds is 2. The number of benzene rings is 2. The molecule has 0 nitrogen and oxygen atoms in total. The third-order valence-electron chi connectivity index (χ3n) is 2.67. The van der Waals surface area contributed by atoms with Gasteiger partial charge in [-0.2, -0.15) is 12.1 Å². The van der Waals surface area contributed by atoms with Gasteiger partial charge in [0.25, 0.3) is 0 Å². The zero-order valence-electron chi connectivity index (χ0n) is 8.72. The summed E-state index contributed by atoms with van der Waals surface area (Å²) in [7, 11) is -1.76. The van der Waals surface area contributed by atoms with Gasteiger partial charge in [-0.1, -0.05) is 67.2 Å². The fourth-order valence-corrected chi connectivity index (χ4v) is 4.60. The van der Waals surface area contributed by atoms with Crippen LogP contribution in [0.5, 0.6) is 0 Å². The summed E-state index contributed by atoms with van der Waals surface area (Å²) >= 11 is 4.90. The van der Waals surface area contributed by atoms with E-state index in [2.05, 4.69) is 55.1 Å². The Labute approximate surface area is 97.0 Å². The second-order valence-electron chi connectivity index (χ2n) is 3.80. The summed E-state index contributed by atoms with van der Waals surface area (Å²) in [5.41, 5.74) is 0. The van der Waals surface area contributed by atoms with E-state index in [9.17, 15) is 0 Å². The van der Waals surface area contributed by atoms with Gasteiger partial charge in [-0.25, -0.2) is 0 Å². The topological polar surface area (TPSA) is 0 Å². The second-order valence-corrected chi connectivity index (χ2v) is 9.79. The minimum atomic E-state index is -1.76. The molecule has 76 valence electrons. The third kappa shape index (κ3) is 2.16. The number of thiol groups is 1. The first-order valence-corrected chi connectivity index (χ1v) is 8.83. The molecule has 0 bridgehead atoms. The molecule has 15 heavy (non-hydrogen) atoms. The van der Waals surface area contributed by atoms with Gasteiger partial charge in [0.1, 0.15) is 0 Å². The Morgan fingerprint density at radius 3 is 1.40 bits per heavy atom. The van der Waals surface area contributed by atoms with E-state index in [1.54, 1.807) is 0 Å². The van der Waals surface area contributed by atoms with Gasteiger partial charge in [-0.3, -0.25) is 0 Å². The van der Waals surface area contributed by atoms with Crippen molar-refractivity contribution in [2.45, 2.75) is 6.55 Å². The highest BCUT2D eigenvalue weighted by Gasteiger charge is 2.26. The summed E-state index contributed by atoms with van der Waals surface area (Å²) in [5, 5.41) is 2.72. The van der Waals surface area contributed by atoms with Gasteiger partial charge >= 0.3 is 0 Å². The van der Waals surface area contributed by atoms with Gasteiger partial charge in [0.05, 0.1) is 0 Å². The molecule has 0 amide bonds. The summed E-state index contributed by atoms with van der Waals surface area (Å²) in [6.45, 7) is 2.26. The Balaban J connectivity index is 2.44. The van der Waals surface area contributed by atoms with Gasteiger partial charge < -0.3 is 0 Å². The van der Waals surface area contributed by atoms with Crippen LogP contribution in [0.15, 0.2) is 60.7 Å². The van der Waals surface area contributed by atoms with Crippen LogP contribution >= 0.6 is 12.1 Å². The fraction of sp³-hybridized carbons (Fsp3) is 0.0769. The van der Waals surface area contributed by atoms with Crippen LogP contribution < -0.4 is 10.4 Å².